The first-order valence-electron chi connectivity index (χ1n) is 4.81. The molecule has 0 saturated heterocycles. The molecule has 0 amide bonds. The van der Waals surface area contributed by atoms with E-state index in [0.29, 0.717) is 28.6 Å². The lowest BCUT2D eigenvalue weighted by atomic mass is 10.3. The van der Waals surface area contributed by atoms with E-state index in [1.54, 1.807) is 16.8 Å². The van der Waals surface area contributed by atoms with Crippen LogP contribution in [0.25, 0.3) is 5.65 Å². The second-order valence-electron chi connectivity index (χ2n) is 3.12. The molecule has 6 heteroatoms. The van der Waals surface area contributed by atoms with Gasteiger partial charge in [-0.3, -0.25) is 0 Å². The molecule has 2 rings (SSSR count). The lowest BCUT2D eigenvalue weighted by molar-refractivity contribution is 0.909. The Morgan fingerprint density at radius 3 is 3.12 bits per heavy atom. The maximum Gasteiger partial charge on any atom is 0.158 e. The number of nitrogens with zero attached hydrogens (tertiary/aromatic N) is 4. The maximum atomic E-state index is 9.19. The Morgan fingerprint density at radius 2 is 2.47 bits per heavy atom. The van der Waals surface area contributed by atoms with E-state index in [0.717, 1.165) is 0 Å². The number of rotatable bonds is 3. The minimum atomic E-state index is 0.335. The van der Waals surface area contributed by atoms with E-state index in [1.165, 1.54) is 11.8 Å². The normalized spacial score (nSPS) is 9.82. The molecule has 84 valence electrons. The number of anilines is 1. The third-order valence-electron chi connectivity index (χ3n) is 2.16. The van der Waals surface area contributed by atoms with Crippen molar-refractivity contribution in [2.75, 3.05) is 18.1 Å². The molecule has 0 aliphatic rings. The summed E-state index contributed by atoms with van der Waals surface area (Å²) in [5, 5.41) is 17.0. The van der Waals surface area contributed by atoms with Gasteiger partial charge >= 0.3 is 0 Å². The van der Waals surface area contributed by atoms with Crippen LogP contribution in [-0.4, -0.2) is 27.4 Å². The quantitative estimate of drug-likeness (QED) is 0.501. The maximum absolute atomic E-state index is 9.19. The third kappa shape index (κ3) is 1.91. The zero-order valence-electron chi connectivity index (χ0n) is 9.14. The molecule has 0 unspecified atom stereocenters. The zero-order valence-corrected chi connectivity index (χ0v) is 9.95. The van der Waals surface area contributed by atoms with Crippen LogP contribution in [-0.2, 0) is 0 Å². The first-order valence-corrected chi connectivity index (χ1v) is 6.03. The zero-order chi connectivity index (χ0) is 12.3. The van der Waals surface area contributed by atoms with E-state index < -0.39 is 0 Å². The van der Waals surface area contributed by atoms with E-state index in [1.807, 2.05) is 6.26 Å². The van der Waals surface area contributed by atoms with Crippen molar-refractivity contribution in [3.8, 4) is 18.4 Å². The number of terminal acetylenes is 1. The van der Waals surface area contributed by atoms with E-state index in [-0.39, 0.29) is 0 Å². The molecule has 0 aromatic carbocycles. The summed E-state index contributed by atoms with van der Waals surface area (Å²) in [6.45, 7) is 0.335. The summed E-state index contributed by atoms with van der Waals surface area (Å²) < 4.78 is 1.58. The predicted molar refractivity (Wildman–Crippen MR) is 66.8 cm³/mol. The molecule has 0 saturated carbocycles. The predicted octanol–water partition coefficient (Wildman–Crippen LogP) is 1.37. The summed E-state index contributed by atoms with van der Waals surface area (Å²) in [6, 6.07) is 3.91. The first-order chi connectivity index (χ1) is 8.31. The molecule has 2 aromatic heterocycles. The first kappa shape index (κ1) is 11.3. The molecular weight excluding hydrogens is 234 g/mol. The molecule has 1 N–H and O–H groups in total. The Bertz CT molecular complexity index is 632. The highest BCUT2D eigenvalue weighted by atomic mass is 32.2. The van der Waals surface area contributed by atoms with E-state index in [2.05, 4.69) is 27.4 Å². The Balaban J connectivity index is 2.70. The topological polar surface area (TPSA) is 66.0 Å². The number of thioether (sulfide) groups is 1. The number of nitrogens with one attached hydrogen (secondary N) is 1. The van der Waals surface area contributed by atoms with Crippen molar-refractivity contribution < 1.29 is 0 Å². The molecule has 2 aromatic rings. The van der Waals surface area contributed by atoms with Crippen molar-refractivity contribution >= 4 is 23.2 Å². The van der Waals surface area contributed by atoms with Gasteiger partial charge in [-0.25, -0.2) is 4.98 Å². The second-order valence-corrected chi connectivity index (χ2v) is 3.91. The number of hydrogen-bond donors (Lipinski definition) is 1. The molecule has 0 atom stereocenters. The van der Waals surface area contributed by atoms with E-state index in [4.69, 9.17) is 6.42 Å². The highest BCUT2D eigenvalue weighted by Crippen LogP contribution is 2.25. The molecule has 0 bridgehead atoms. The van der Waals surface area contributed by atoms with Gasteiger partial charge in [-0.2, -0.15) is 14.9 Å². The summed E-state index contributed by atoms with van der Waals surface area (Å²) in [5.41, 5.74) is 1.15. The standard InChI is InChI=1S/C11H9N5S/c1-3-5-13-10-8(7-12)11(17-2)15-9-4-6-14-16(9)10/h1,4,6,13H,5H2,2H3. The minimum Gasteiger partial charge on any atom is -0.358 e. The van der Waals surface area contributed by atoms with Crippen LogP contribution in [0.1, 0.15) is 5.56 Å². The molecule has 17 heavy (non-hydrogen) atoms. The van der Waals surface area contributed by atoms with Gasteiger partial charge in [0.15, 0.2) is 11.5 Å². The molecule has 5 nitrogen and oxygen atoms in total. The highest BCUT2D eigenvalue weighted by molar-refractivity contribution is 7.98. The van der Waals surface area contributed by atoms with Crippen molar-refractivity contribution in [2.24, 2.45) is 0 Å². The van der Waals surface area contributed by atoms with Crippen LogP contribution in [0.4, 0.5) is 5.82 Å². The summed E-state index contributed by atoms with van der Waals surface area (Å²) in [5.74, 6) is 3.06. The molecule has 0 radical (unpaired) electrons. The smallest absolute Gasteiger partial charge is 0.158 e. The summed E-state index contributed by atoms with van der Waals surface area (Å²) >= 11 is 1.42. The van der Waals surface area contributed by atoms with Gasteiger partial charge in [0.05, 0.1) is 12.7 Å². The summed E-state index contributed by atoms with van der Waals surface area (Å²) in [4.78, 5) is 4.34. The molecule has 0 spiro atoms. The molecule has 0 aliphatic carbocycles. The van der Waals surface area contributed by atoms with Crippen LogP contribution < -0.4 is 5.32 Å². The van der Waals surface area contributed by atoms with E-state index in [9.17, 15) is 5.26 Å². The van der Waals surface area contributed by atoms with Gasteiger partial charge in [0.25, 0.3) is 0 Å². The fourth-order valence-electron chi connectivity index (χ4n) is 1.47. The van der Waals surface area contributed by atoms with E-state index >= 15 is 0 Å². The largest absolute Gasteiger partial charge is 0.358 e. The van der Waals surface area contributed by atoms with Crippen LogP contribution >= 0.6 is 11.8 Å². The van der Waals surface area contributed by atoms with Gasteiger partial charge in [-0.05, 0) is 6.26 Å². The third-order valence-corrected chi connectivity index (χ3v) is 2.85. The van der Waals surface area contributed by atoms with Crippen molar-refractivity contribution in [1.82, 2.24) is 14.6 Å². The molecule has 2 heterocycles. The fourth-order valence-corrected chi connectivity index (χ4v) is 2.00. The van der Waals surface area contributed by atoms with Crippen LogP contribution in [0.2, 0.25) is 0 Å². The summed E-state index contributed by atoms with van der Waals surface area (Å²) in [6.07, 6.45) is 8.72. The lowest BCUT2D eigenvalue weighted by Gasteiger charge is -2.10. The van der Waals surface area contributed by atoms with Gasteiger partial charge in [0, 0.05) is 6.07 Å². The Labute approximate surface area is 103 Å². The number of hydrogen-bond acceptors (Lipinski definition) is 5. The van der Waals surface area contributed by atoms with Crippen molar-refractivity contribution in [2.45, 2.75) is 5.03 Å². The van der Waals surface area contributed by atoms with Crippen molar-refractivity contribution in [3.05, 3.63) is 17.8 Å². The second kappa shape index (κ2) is 4.77. The monoisotopic (exact) mass is 243 g/mol. The van der Waals surface area contributed by atoms with Gasteiger partial charge in [-0.15, -0.1) is 18.2 Å². The average Bonchev–Trinajstić information content (AvgIpc) is 2.82. The molecule has 0 aliphatic heterocycles. The Kier molecular flexibility index (Phi) is 3.17. The van der Waals surface area contributed by atoms with Crippen LogP contribution in [0, 0.1) is 23.7 Å². The number of aromatic nitrogens is 3. The van der Waals surface area contributed by atoms with Gasteiger partial charge in [0.2, 0.25) is 0 Å². The number of nitriles is 1. The van der Waals surface area contributed by atoms with Crippen LogP contribution in [0.15, 0.2) is 17.3 Å². The highest BCUT2D eigenvalue weighted by Gasteiger charge is 2.14. The number of fused-ring (bicyclic) bond motifs is 1. The average molecular weight is 243 g/mol. The van der Waals surface area contributed by atoms with Gasteiger partial charge in [-0.1, -0.05) is 5.92 Å². The SMILES string of the molecule is C#CCNc1c(C#N)c(SC)nc2ccnn12. The Hall–Kier alpha value is -2.18. The molecule has 0 fully saturated rings. The Morgan fingerprint density at radius 1 is 1.65 bits per heavy atom. The fraction of sp³-hybridized carbons (Fsp3) is 0.182. The van der Waals surface area contributed by atoms with Crippen LogP contribution in [0.3, 0.4) is 0 Å². The molecular formula is C11H9N5S. The minimum absolute atomic E-state index is 0.335. The van der Waals surface area contributed by atoms with Crippen molar-refractivity contribution in [1.29, 1.82) is 5.26 Å². The van der Waals surface area contributed by atoms with Gasteiger partial charge in [0.1, 0.15) is 16.7 Å². The lowest BCUT2D eigenvalue weighted by Crippen LogP contribution is -2.09. The van der Waals surface area contributed by atoms with Crippen molar-refractivity contribution in [3.63, 3.8) is 0 Å². The van der Waals surface area contributed by atoms with Crippen LogP contribution in [0.5, 0.6) is 0 Å². The van der Waals surface area contributed by atoms with Gasteiger partial charge < -0.3 is 5.32 Å². The summed E-state index contributed by atoms with van der Waals surface area (Å²) in [7, 11) is 0.